The van der Waals surface area contributed by atoms with Crippen LogP contribution < -0.4 is 0 Å². The molecular formula is C11H15NO3. The number of imide groups is 1. The summed E-state index contributed by atoms with van der Waals surface area (Å²) < 4.78 is 0. The molecule has 0 aromatic rings. The third-order valence-electron chi connectivity index (χ3n) is 4.94. The largest absolute Gasteiger partial charge is 0.278 e. The Bertz CT molecular complexity index is 331. The monoisotopic (exact) mass is 209 g/mol. The maximum absolute atomic E-state index is 11.7. The van der Waals surface area contributed by atoms with Crippen molar-refractivity contribution in [1.82, 2.24) is 5.06 Å². The smallest absolute Gasteiger partial charge is 0.257 e. The summed E-state index contributed by atoms with van der Waals surface area (Å²) in [5.41, 5.74) is 0.0852. The first-order valence-electron chi connectivity index (χ1n) is 5.53. The summed E-state index contributed by atoms with van der Waals surface area (Å²) in [5, 5.41) is 9.70. The molecule has 2 aliphatic carbocycles. The summed E-state index contributed by atoms with van der Waals surface area (Å²) in [6.45, 7) is 4.30. The molecule has 0 spiro atoms. The molecule has 3 aliphatic rings. The van der Waals surface area contributed by atoms with Crippen LogP contribution in [0.4, 0.5) is 0 Å². The molecule has 1 heterocycles. The Labute approximate surface area is 88.2 Å². The van der Waals surface area contributed by atoms with E-state index in [9.17, 15) is 14.8 Å². The van der Waals surface area contributed by atoms with E-state index in [0.29, 0.717) is 5.06 Å². The van der Waals surface area contributed by atoms with E-state index in [-0.39, 0.29) is 40.9 Å². The van der Waals surface area contributed by atoms with E-state index in [1.807, 2.05) is 0 Å². The highest BCUT2D eigenvalue weighted by Gasteiger charge is 2.68. The van der Waals surface area contributed by atoms with Crippen LogP contribution in [0.15, 0.2) is 0 Å². The molecule has 4 nitrogen and oxygen atoms in total. The van der Waals surface area contributed by atoms with Crippen molar-refractivity contribution in [2.24, 2.45) is 29.1 Å². The molecule has 2 saturated carbocycles. The summed E-state index contributed by atoms with van der Waals surface area (Å²) in [5.74, 6) is -0.662. The van der Waals surface area contributed by atoms with Crippen LogP contribution >= 0.6 is 0 Å². The number of amides is 2. The average Bonchev–Trinajstić information content (AvgIpc) is 2.69. The van der Waals surface area contributed by atoms with Crippen LogP contribution in [0.2, 0.25) is 0 Å². The molecule has 2 amide bonds. The van der Waals surface area contributed by atoms with Crippen molar-refractivity contribution in [2.75, 3.05) is 0 Å². The summed E-state index contributed by atoms with van der Waals surface area (Å²) in [6, 6.07) is 0. The lowest BCUT2D eigenvalue weighted by Crippen LogP contribution is -2.33. The van der Waals surface area contributed by atoms with Crippen LogP contribution in [-0.2, 0) is 9.59 Å². The van der Waals surface area contributed by atoms with Gasteiger partial charge in [-0.3, -0.25) is 14.8 Å². The van der Waals surface area contributed by atoms with E-state index >= 15 is 0 Å². The van der Waals surface area contributed by atoms with Gasteiger partial charge in [0.1, 0.15) is 0 Å². The summed E-state index contributed by atoms with van der Waals surface area (Å²) in [4.78, 5) is 23.5. The fraction of sp³-hybridized carbons (Fsp3) is 0.818. The second kappa shape index (κ2) is 2.43. The minimum atomic E-state index is -0.370. The summed E-state index contributed by atoms with van der Waals surface area (Å²) in [6.07, 6.45) is 2.04. The van der Waals surface area contributed by atoms with Gasteiger partial charge in [-0.15, -0.1) is 0 Å². The predicted octanol–water partition coefficient (Wildman–Crippen LogP) is 1.04. The first-order valence-corrected chi connectivity index (χ1v) is 5.53. The highest BCUT2D eigenvalue weighted by Crippen LogP contribution is 2.65. The second-order valence-electron chi connectivity index (χ2n) is 5.65. The van der Waals surface area contributed by atoms with Crippen LogP contribution in [-0.4, -0.2) is 22.1 Å². The molecule has 0 aromatic heterocycles. The van der Waals surface area contributed by atoms with E-state index in [1.165, 1.54) is 0 Å². The average molecular weight is 209 g/mol. The first kappa shape index (κ1) is 9.33. The maximum atomic E-state index is 11.7. The lowest BCUT2D eigenvalue weighted by atomic mass is 9.80. The molecule has 1 N–H and O–H groups in total. The number of hydrogen-bond donors (Lipinski definition) is 1. The molecule has 2 bridgehead atoms. The van der Waals surface area contributed by atoms with Gasteiger partial charge in [-0.25, -0.2) is 0 Å². The van der Waals surface area contributed by atoms with Crippen molar-refractivity contribution in [1.29, 1.82) is 0 Å². The van der Waals surface area contributed by atoms with Crippen molar-refractivity contribution < 1.29 is 14.8 Å². The SMILES string of the molecule is CC1(C)[C@H]2CC[C@H]1[C@H]1C(=O)N(O)C(=O)[C@H]12. The molecular weight excluding hydrogens is 194 g/mol. The molecule has 3 fully saturated rings. The van der Waals surface area contributed by atoms with Crippen molar-refractivity contribution in [3.05, 3.63) is 0 Å². The molecule has 0 aromatic carbocycles. The van der Waals surface area contributed by atoms with Gasteiger partial charge in [-0.1, -0.05) is 13.8 Å². The molecule has 82 valence electrons. The number of carbonyl (C=O) groups excluding carboxylic acids is 2. The van der Waals surface area contributed by atoms with Gasteiger partial charge >= 0.3 is 0 Å². The van der Waals surface area contributed by atoms with Gasteiger partial charge in [-0.05, 0) is 30.1 Å². The van der Waals surface area contributed by atoms with Gasteiger partial charge in [0.05, 0.1) is 11.8 Å². The van der Waals surface area contributed by atoms with E-state index in [1.54, 1.807) is 0 Å². The molecule has 1 saturated heterocycles. The summed E-state index contributed by atoms with van der Waals surface area (Å²) in [7, 11) is 0. The van der Waals surface area contributed by atoms with Crippen LogP contribution in [0, 0.1) is 29.1 Å². The van der Waals surface area contributed by atoms with Crippen molar-refractivity contribution >= 4 is 11.8 Å². The number of hydrogen-bond acceptors (Lipinski definition) is 3. The Morgan fingerprint density at radius 1 is 1.13 bits per heavy atom. The molecule has 3 rings (SSSR count). The third kappa shape index (κ3) is 0.830. The quantitative estimate of drug-likeness (QED) is 0.479. The van der Waals surface area contributed by atoms with Crippen molar-refractivity contribution in [2.45, 2.75) is 26.7 Å². The second-order valence-corrected chi connectivity index (χ2v) is 5.65. The standard InChI is InChI=1S/C11H15NO3/c1-11(2)5-3-4-6(11)8-7(5)9(13)12(15)10(8)14/h5-8,15H,3-4H2,1-2H3/t5-,6-,7-,8+/m0/s1. The molecule has 1 aliphatic heterocycles. The van der Waals surface area contributed by atoms with E-state index in [0.717, 1.165) is 12.8 Å². The van der Waals surface area contributed by atoms with E-state index in [2.05, 4.69) is 13.8 Å². The van der Waals surface area contributed by atoms with Crippen LogP contribution in [0.5, 0.6) is 0 Å². The zero-order valence-corrected chi connectivity index (χ0v) is 8.93. The minimum Gasteiger partial charge on any atom is -0.278 e. The van der Waals surface area contributed by atoms with Gasteiger partial charge < -0.3 is 0 Å². The van der Waals surface area contributed by atoms with Crippen LogP contribution in [0.1, 0.15) is 26.7 Å². The molecule has 4 heteroatoms. The molecule has 0 radical (unpaired) electrons. The zero-order valence-electron chi connectivity index (χ0n) is 8.93. The van der Waals surface area contributed by atoms with Gasteiger partial charge in [0.25, 0.3) is 11.8 Å². The first-order chi connectivity index (χ1) is 6.96. The molecule has 0 unspecified atom stereocenters. The summed E-state index contributed by atoms with van der Waals surface area (Å²) >= 11 is 0. The number of fused-ring (bicyclic) bond motifs is 5. The van der Waals surface area contributed by atoms with Crippen molar-refractivity contribution in [3.63, 3.8) is 0 Å². The normalized spacial score (nSPS) is 46.5. The maximum Gasteiger partial charge on any atom is 0.257 e. The van der Waals surface area contributed by atoms with E-state index in [4.69, 9.17) is 0 Å². The number of hydroxylamine groups is 2. The Balaban J connectivity index is 2.08. The lowest BCUT2D eigenvalue weighted by Gasteiger charge is -2.26. The van der Waals surface area contributed by atoms with Crippen LogP contribution in [0.25, 0.3) is 0 Å². The fourth-order valence-electron chi connectivity index (χ4n) is 4.21. The Morgan fingerprint density at radius 2 is 1.53 bits per heavy atom. The fourth-order valence-corrected chi connectivity index (χ4v) is 4.21. The highest BCUT2D eigenvalue weighted by molar-refractivity contribution is 6.04. The van der Waals surface area contributed by atoms with E-state index < -0.39 is 0 Å². The number of nitrogens with zero attached hydrogens (tertiary/aromatic N) is 1. The Kier molecular flexibility index (Phi) is 1.51. The van der Waals surface area contributed by atoms with Gasteiger partial charge in [0, 0.05) is 0 Å². The topological polar surface area (TPSA) is 57.6 Å². The van der Waals surface area contributed by atoms with Gasteiger partial charge in [-0.2, -0.15) is 5.06 Å². The third-order valence-corrected chi connectivity index (χ3v) is 4.94. The highest BCUT2D eigenvalue weighted by atomic mass is 16.5. The predicted molar refractivity (Wildman–Crippen MR) is 50.6 cm³/mol. The van der Waals surface area contributed by atoms with Crippen molar-refractivity contribution in [3.8, 4) is 0 Å². The number of carbonyl (C=O) groups is 2. The van der Waals surface area contributed by atoms with Gasteiger partial charge in [0.2, 0.25) is 0 Å². The zero-order chi connectivity index (χ0) is 11.0. The molecule has 4 atom stereocenters. The molecule has 15 heavy (non-hydrogen) atoms. The number of rotatable bonds is 0. The Hall–Kier alpha value is -0.900. The lowest BCUT2D eigenvalue weighted by molar-refractivity contribution is -0.174. The van der Waals surface area contributed by atoms with Crippen LogP contribution in [0.3, 0.4) is 0 Å². The minimum absolute atomic E-state index is 0.0852. The Morgan fingerprint density at radius 3 is 1.93 bits per heavy atom. The van der Waals surface area contributed by atoms with Gasteiger partial charge in [0.15, 0.2) is 0 Å².